The van der Waals surface area contributed by atoms with Crippen molar-refractivity contribution in [1.82, 2.24) is 9.55 Å². The molecule has 5 N–H and O–H groups in total. The summed E-state index contributed by atoms with van der Waals surface area (Å²) in [4.78, 5) is 46.1. The van der Waals surface area contributed by atoms with E-state index in [1.165, 1.54) is 16.8 Å². The quantitative estimate of drug-likeness (QED) is 0.402. The van der Waals surface area contributed by atoms with Crippen LogP contribution in [0.1, 0.15) is 67.0 Å². The number of aliphatic hydroxyl groups is 1. The lowest BCUT2D eigenvalue weighted by Gasteiger charge is -2.14. The minimum atomic E-state index is -4.64. The van der Waals surface area contributed by atoms with Gasteiger partial charge >= 0.3 is 13.5 Å². The molecule has 31 heavy (non-hydrogen) atoms. The lowest BCUT2D eigenvalue weighted by Crippen LogP contribution is -2.31. The molecule has 0 radical (unpaired) electrons. The highest BCUT2D eigenvalue weighted by molar-refractivity contribution is 7.45. The predicted octanol–water partition coefficient (Wildman–Crippen LogP) is 2.01. The molecule has 0 spiro atoms. The molecule has 0 saturated carbocycles. The van der Waals surface area contributed by atoms with E-state index >= 15 is 0 Å². The average molecular weight is 473 g/mol. The monoisotopic (exact) mass is 472 g/mol. The van der Waals surface area contributed by atoms with Crippen molar-refractivity contribution in [2.24, 2.45) is 5.92 Å². The summed E-state index contributed by atoms with van der Waals surface area (Å²) < 4.78 is 20.9. The van der Waals surface area contributed by atoms with Gasteiger partial charge in [-0.1, -0.05) is 48.0 Å². The van der Waals surface area contributed by atoms with Crippen molar-refractivity contribution in [2.75, 3.05) is 20.3 Å². The topological polar surface area (TPSA) is 171 Å². The Morgan fingerprint density at radius 1 is 1.23 bits per heavy atom. The normalized spacial score (nSPS) is 17.9. The van der Waals surface area contributed by atoms with Gasteiger partial charge in [0.05, 0.1) is 12.7 Å². The van der Waals surface area contributed by atoms with Crippen molar-refractivity contribution in [3.05, 3.63) is 33.1 Å². The van der Waals surface area contributed by atoms with Crippen LogP contribution in [-0.4, -0.2) is 55.8 Å². The molecule has 1 aliphatic rings. The summed E-state index contributed by atoms with van der Waals surface area (Å²) in [5, 5.41) is 8.33. The number of aromatic amines is 1. The van der Waals surface area contributed by atoms with Gasteiger partial charge in [-0.2, -0.15) is 0 Å². The molecule has 12 heteroatoms. The van der Waals surface area contributed by atoms with Crippen molar-refractivity contribution >= 4 is 7.82 Å². The molecule has 1 fully saturated rings. The van der Waals surface area contributed by atoms with Crippen LogP contribution >= 0.6 is 7.82 Å². The summed E-state index contributed by atoms with van der Waals surface area (Å²) in [5.41, 5.74) is -0.830. The van der Waals surface area contributed by atoms with Crippen molar-refractivity contribution in [2.45, 2.75) is 73.1 Å². The number of aromatic nitrogens is 2. The van der Waals surface area contributed by atoms with Crippen molar-refractivity contribution < 1.29 is 33.8 Å². The van der Waals surface area contributed by atoms with Gasteiger partial charge in [0.15, 0.2) is 0 Å². The highest BCUT2D eigenvalue weighted by Crippen LogP contribution is 2.26. The van der Waals surface area contributed by atoms with Gasteiger partial charge in [0.1, 0.15) is 6.23 Å². The molecule has 0 aliphatic carbocycles. The molecule has 0 bridgehead atoms. The minimum Gasteiger partial charge on any atom is -0.396 e. The van der Waals surface area contributed by atoms with Gasteiger partial charge in [0, 0.05) is 26.0 Å². The molecular weight excluding hydrogens is 431 g/mol. The lowest BCUT2D eigenvalue weighted by molar-refractivity contribution is -0.0335. The number of rotatable bonds is 5. The third-order valence-electron chi connectivity index (χ3n) is 3.61. The molecular formula is C19H41N2O9P. The van der Waals surface area contributed by atoms with E-state index in [1.807, 2.05) is 34.6 Å². The Morgan fingerprint density at radius 2 is 1.74 bits per heavy atom. The van der Waals surface area contributed by atoms with Gasteiger partial charge in [-0.15, -0.1) is 0 Å². The summed E-state index contributed by atoms with van der Waals surface area (Å²) in [7, 11) is -3.02. The van der Waals surface area contributed by atoms with Crippen LogP contribution < -0.4 is 11.2 Å². The number of methoxy groups -OCH3 is 1. The summed E-state index contributed by atoms with van der Waals surface area (Å²) in [6.45, 7) is 13.0. The molecule has 3 unspecified atom stereocenters. The molecule has 3 atom stereocenters. The zero-order valence-corrected chi connectivity index (χ0v) is 20.5. The number of nitrogens with one attached hydrogen (secondary N) is 1. The molecule has 1 aromatic heterocycles. The lowest BCUT2D eigenvalue weighted by atomic mass is 10.1. The van der Waals surface area contributed by atoms with Crippen LogP contribution in [0.25, 0.3) is 0 Å². The first-order valence-electron chi connectivity index (χ1n) is 10.4. The van der Waals surface area contributed by atoms with E-state index in [0.29, 0.717) is 19.1 Å². The van der Waals surface area contributed by atoms with Gasteiger partial charge < -0.3 is 29.3 Å². The van der Waals surface area contributed by atoms with Crippen molar-refractivity contribution in [3.8, 4) is 0 Å². The Bertz CT molecular complexity index is 675. The fourth-order valence-electron chi connectivity index (χ4n) is 1.98. The zero-order chi connectivity index (χ0) is 25.0. The van der Waals surface area contributed by atoms with Crippen LogP contribution in [0, 0.1) is 5.92 Å². The SMILES string of the molecule is CC.CC.CCC(C)CO.COCC1CCC(n2ccc(=O)[nH]c2=O)O1.O=P(O)(O)O. The largest absolute Gasteiger partial charge is 0.466 e. The standard InChI is InChI=1S/C10H14N2O4.C5H12O.2C2H6.H3O4P/c1-15-6-7-2-3-9(16-7)12-5-4-8(13)11-10(12)14;1-3-5(2)4-6;2*1-2;1-5(2,3)4/h4-5,7,9H,2-3,6H2,1H3,(H,11,13,14);5-6H,3-4H2,1-2H3;2*1-2H3;(H3,1,2,3,4). The first kappa shape index (κ1) is 34.3. The Labute approximate surface area is 184 Å². The van der Waals surface area contributed by atoms with E-state index in [-0.39, 0.29) is 12.3 Å². The van der Waals surface area contributed by atoms with Crippen LogP contribution in [0.5, 0.6) is 0 Å². The van der Waals surface area contributed by atoms with Gasteiger partial charge in [-0.05, 0) is 18.8 Å². The maximum absolute atomic E-state index is 11.5. The first-order valence-corrected chi connectivity index (χ1v) is 11.9. The molecule has 186 valence electrons. The summed E-state index contributed by atoms with van der Waals surface area (Å²) in [6, 6.07) is 1.31. The maximum atomic E-state index is 11.5. The van der Waals surface area contributed by atoms with E-state index < -0.39 is 19.1 Å². The maximum Gasteiger partial charge on any atom is 0.466 e. The summed E-state index contributed by atoms with van der Waals surface area (Å²) in [6.07, 6.45) is 3.86. The molecule has 1 aliphatic heterocycles. The van der Waals surface area contributed by atoms with E-state index in [0.717, 1.165) is 19.3 Å². The average Bonchev–Trinajstić information content (AvgIpc) is 3.18. The Hall–Kier alpha value is -1.33. The van der Waals surface area contributed by atoms with E-state index in [1.54, 1.807) is 7.11 Å². The second kappa shape index (κ2) is 20.6. The van der Waals surface area contributed by atoms with Crippen LogP contribution in [0.2, 0.25) is 0 Å². The smallest absolute Gasteiger partial charge is 0.396 e. The number of ether oxygens (including phenoxy) is 2. The molecule has 2 rings (SSSR count). The first-order chi connectivity index (χ1) is 14.5. The second-order valence-electron chi connectivity index (χ2n) is 5.97. The molecule has 2 heterocycles. The Morgan fingerprint density at radius 3 is 2.10 bits per heavy atom. The van der Waals surface area contributed by atoms with E-state index in [4.69, 9.17) is 33.8 Å². The molecule has 1 saturated heterocycles. The third-order valence-corrected chi connectivity index (χ3v) is 3.61. The number of aliphatic hydroxyl groups excluding tert-OH is 1. The number of phosphoric acid groups is 1. The highest BCUT2D eigenvalue weighted by Gasteiger charge is 2.26. The fraction of sp³-hybridized carbons (Fsp3) is 0.789. The molecule has 0 amide bonds. The van der Waals surface area contributed by atoms with Crippen molar-refractivity contribution in [1.29, 1.82) is 0 Å². The van der Waals surface area contributed by atoms with Crippen molar-refractivity contribution in [3.63, 3.8) is 0 Å². The second-order valence-corrected chi connectivity index (χ2v) is 7.00. The van der Waals surface area contributed by atoms with Crippen LogP contribution in [0.15, 0.2) is 21.9 Å². The van der Waals surface area contributed by atoms with Crippen LogP contribution in [0.4, 0.5) is 0 Å². The number of hydrogen-bond acceptors (Lipinski definition) is 6. The van der Waals surface area contributed by atoms with E-state index in [2.05, 4.69) is 11.9 Å². The Kier molecular flexibility index (Phi) is 22.7. The van der Waals surface area contributed by atoms with Crippen LogP contribution in [0.3, 0.4) is 0 Å². The summed E-state index contributed by atoms with van der Waals surface area (Å²) in [5.74, 6) is 0.491. The number of nitrogens with zero attached hydrogens (tertiary/aromatic N) is 1. The van der Waals surface area contributed by atoms with Gasteiger partial charge in [-0.25, -0.2) is 9.36 Å². The number of H-pyrrole nitrogens is 1. The summed E-state index contributed by atoms with van der Waals surface area (Å²) >= 11 is 0. The fourth-order valence-corrected chi connectivity index (χ4v) is 1.98. The zero-order valence-electron chi connectivity index (χ0n) is 19.6. The predicted molar refractivity (Wildman–Crippen MR) is 120 cm³/mol. The molecule has 11 nitrogen and oxygen atoms in total. The number of hydrogen-bond donors (Lipinski definition) is 5. The highest BCUT2D eigenvalue weighted by atomic mass is 31.2. The Balaban J connectivity index is -0.000000436. The molecule has 1 aromatic rings. The minimum absolute atomic E-state index is 0.0221. The van der Waals surface area contributed by atoms with Gasteiger partial charge in [0.2, 0.25) is 0 Å². The third kappa shape index (κ3) is 20.3. The molecule has 0 aromatic carbocycles. The van der Waals surface area contributed by atoms with Crippen LogP contribution in [-0.2, 0) is 14.0 Å². The van der Waals surface area contributed by atoms with Gasteiger partial charge in [-0.3, -0.25) is 14.3 Å². The van der Waals surface area contributed by atoms with Gasteiger partial charge in [0.25, 0.3) is 5.56 Å². The van der Waals surface area contributed by atoms with E-state index in [9.17, 15) is 9.59 Å².